The molecule has 0 saturated carbocycles. The van der Waals surface area contributed by atoms with Gasteiger partial charge in [-0.15, -0.1) is 0 Å². The fraction of sp³-hybridized carbons (Fsp3) is 0.333. The molecular weight excluding hydrogens is 424 g/mol. The Bertz CT molecular complexity index is 886. The maximum atomic E-state index is 12.3. The number of benzene rings is 2. The highest BCUT2D eigenvalue weighted by Gasteiger charge is 2.40. The minimum Gasteiger partial charge on any atom is -0.493 e. The van der Waals surface area contributed by atoms with E-state index in [2.05, 4.69) is 21.0 Å². The fourth-order valence-corrected chi connectivity index (χ4v) is 3.89. The summed E-state index contributed by atoms with van der Waals surface area (Å²) in [6.07, 6.45) is 0. The van der Waals surface area contributed by atoms with Crippen LogP contribution in [0.25, 0.3) is 0 Å². The number of nitrogens with zero attached hydrogens (tertiary/aromatic N) is 2. The summed E-state index contributed by atoms with van der Waals surface area (Å²) in [5.41, 5.74) is 2.78. The van der Waals surface area contributed by atoms with Crippen LogP contribution in [0.4, 0.5) is 0 Å². The van der Waals surface area contributed by atoms with Crippen molar-refractivity contribution in [2.45, 2.75) is 25.8 Å². The van der Waals surface area contributed by atoms with Crippen molar-refractivity contribution in [3.05, 3.63) is 52.0 Å². The molecule has 2 atom stereocenters. The molecule has 1 amide bonds. The summed E-state index contributed by atoms with van der Waals surface area (Å²) in [6.45, 7) is 3.46. The highest BCUT2D eigenvalue weighted by molar-refractivity contribution is 9.10. The average molecular weight is 447 g/mol. The molecule has 1 heterocycles. The molecule has 0 saturated heterocycles. The third kappa shape index (κ3) is 3.58. The van der Waals surface area contributed by atoms with Gasteiger partial charge < -0.3 is 14.2 Å². The molecular formula is C21H23BrN2O4. The Morgan fingerprint density at radius 1 is 1.00 bits per heavy atom. The summed E-state index contributed by atoms with van der Waals surface area (Å²) in [5.74, 6) is 1.42. The Morgan fingerprint density at radius 3 is 2.04 bits per heavy atom. The molecule has 1 aliphatic rings. The van der Waals surface area contributed by atoms with Crippen molar-refractivity contribution in [2.24, 2.45) is 5.10 Å². The van der Waals surface area contributed by atoms with Gasteiger partial charge >= 0.3 is 0 Å². The van der Waals surface area contributed by atoms with E-state index in [0.29, 0.717) is 17.2 Å². The van der Waals surface area contributed by atoms with E-state index in [9.17, 15) is 4.79 Å². The highest BCUT2D eigenvalue weighted by atomic mass is 79.9. The van der Waals surface area contributed by atoms with Gasteiger partial charge in [-0.05, 0) is 42.3 Å². The quantitative estimate of drug-likeness (QED) is 0.676. The molecule has 0 unspecified atom stereocenters. The average Bonchev–Trinajstić information content (AvgIpc) is 3.04. The number of rotatable bonds is 5. The first kappa shape index (κ1) is 20.2. The molecule has 0 radical (unpaired) electrons. The number of carbonyl (C=O) groups is 1. The van der Waals surface area contributed by atoms with Gasteiger partial charge in [0.25, 0.3) is 0 Å². The van der Waals surface area contributed by atoms with Crippen molar-refractivity contribution in [2.75, 3.05) is 21.3 Å². The molecule has 2 aromatic carbocycles. The van der Waals surface area contributed by atoms with Crippen molar-refractivity contribution < 1.29 is 19.0 Å². The number of hydrazone groups is 1. The lowest BCUT2D eigenvalue weighted by Gasteiger charge is -2.27. The number of ether oxygens (including phenoxy) is 3. The molecule has 0 aromatic heterocycles. The smallest absolute Gasteiger partial charge is 0.240 e. The number of hydrogen-bond donors (Lipinski definition) is 0. The number of hydrogen-bond acceptors (Lipinski definition) is 5. The van der Waals surface area contributed by atoms with Gasteiger partial charge in [0.05, 0.1) is 33.3 Å². The van der Waals surface area contributed by atoms with Gasteiger partial charge in [-0.1, -0.05) is 28.1 Å². The van der Waals surface area contributed by atoms with Gasteiger partial charge in [-0.3, -0.25) is 4.79 Å². The first-order chi connectivity index (χ1) is 13.4. The molecule has 0 spiro atoms. The Hall–Kier alpha value is -2.54. The normalized spacial score (nSPS) is 18.6. The number of carbonyl (C=O) groups excluding carboxylic acids is 1. The summed E-state index contributed by atoms with van der Waals surface area (Å²) >= 11 is 3.47. The van der Waals surface area contributed by atoms with Crippen LogP contribution in [0.3, 0.4) is 0 Å². The molecule has 0 aliphatic carbocycles. The Balaban J connectivity index is 2.16. The molecule has 1 aliphatic heterocycles. The Kier molecular flexibility index (Phi) is 5.93. The SMILES string of the molecule is COc1cc([C@@H]2C(C)=NN(C(C)=O)[C@H]2c2ccc(Br)cc2)cc(OC)c1OC. The van der Waals surface area contributed by atoms with E-state index in [-0.39, 0.29) is 17.9 Å². The predicted octanol–water partition coefficient (Wildman–Crippen LogP) is 4.54. The molecule has 0 bridgehead atoms. The maximum Gasteiger partial charge on any atom is 0.240 e. The van der Waals surface area contributed by atoms with Gasteiger partial charge in [-0.2, -0.15) is 5.10 Å². The lowest BCUT2D eigenvalue weighted by Crippen LogP contribution is -2.28. The van der Waals surface area contributed by atoms with Gasteiger partial charge in [0.2, 0.25) is 11.7 Å². The van der Waals surface area contributed by atoms with Crippen LogP contribution < -0.4 is 14.2 Å². The molecule has 2 aromatic rings. The van der Waals surface area contributed by atoms with E-state index in [1.807, 2.05) is 43.3 Å². The Labute approximate surface area is 173 Å². The second-order valence-electron chi connectivity index (χ2n) is 6.54. The van der Waals surface area contributed by atoms with Gasteiger partial charge in [0.1, 0.15) is 0 Å². The third-order valence-corrected chi connectivity index (χ3v) is 5.40. The minimum atomic E-state index is -0.256. The predicted molar refractivity (Wildman–Crippen MR) is 111 cm³/mol. The molecule has 0 N–H and O–H groups in total. The molecule has 148 valence electrons. The van der Waals surface area contributed by atoms with E-state index in [0.717, 1.165) is 21.3 Å². The lowest BCUT2D eigenvalue weighted by molar-refractivity contribution is -0.130. The zero-order valence-electron chi connectivity index (χ0n) is 16.5. The van der Waals surface area contributed by atoms with Crippen LogP contribution in [-0.2, 0) is 4.79 Å². The fourth-order valence-electron chi connectivity index (χ4n) is 3.63. The van der Waals surface area contributed by atoms with E-state index >= 15 is 0 Å². The van der Waals surface area contributed by atoms with Crippen molar-refractivity contribution in [3.63, 3.8) is 0 Å². The van der Waals surface area contributed by atoms with Crippen LogP contribution in [0.1, 0.15) is 36.9 Å². The summed E-state index contributed by atoms with van der Waals surface area (Å²) < 4.78 is 17.4. The van der Waals surface area contributed by atoms with Crippen LogP contribution in [0.2, 0.25) is 0 Å². The highest BCUT2D eigenvalue weighted by Crippen LogP contribution is 2.47. The number of amides is 1. The minimum absolute atomic E-state index is 0.109. The van der Waals surface area contributed by atoms with E-state index < -0.39 is 0 Å². The van der Waals surface area contributed by atoms with Gasteiger partial charge in [0, 0.05) is 17.1 Å². The Morgan fingerprint density at radius 2 is 1.57 bits per heavy atom. The number of methoxy groups -OCH3 is 3. The van der Waals surface area contributed by atoms with Crippen LogP contribution in [0, 0.1) is 0 Å². The van der Waals surface area contributed by atoms with Crippen LogP contribution in [-0.4, -0.2) is 38.0 Å². The second kappa shape index (κ2) is 8.22. The third-order valence-electron chi connectivity index (χ3n) is 4.88. The van der Waals surface area contributed by atoms with E-state index in [1.54, 1.807) is 26.3 Å². The first-order valence-electron chi connectivity index (χ1n) is 8.81. The molecule has 7 heteroatoms. The number of halogens is 1. The topological polar surface area (TPSA) is 60.4 Å². The monoisotopic (exact) mass is 446 g/mol. The van der Waals surface area contributed by atoms with E-state index in [4.69, 9.17) is 14.2 Å². The first-order valence-corrected chi connectivity index (χ1v) is 9.60. The van der Waals surface area contributed by atoms with Crippen molar-refractivity contribution >= 4 is 27.5 Å². The molecule has 3 rings (SSSR count). The summed E-state index contributed by atoms with van der Waals surface area (Å²) in [4.78, 5) is 12.3. The summed E-state index contributed by atoms with van der Waals surface area (Å²) in [6, 6.07) is 11.5. The van der Waals surface area contributed by atoms with Crippen molar-refractivity contribution in [1.82, 2.24) is 5.01 Å². The molecule has 0 fully saturated rings. The van der Waals surface area contributed by atoms with Gasteiger partial charge in [-0.25, -0.2) is 5.01 Å². The lowest BCUT2D eigenvalue weighted by atomic mass is 9.84. The zero-order chi connectivity index (χ0) is 20.4. The zero-order valence-corrected chi connectivity index (χ0v) is 18.1. The van der Waals surface area contributed by atoms with Crippen LogP contribution in [0.5, 0.6) is 17.2 Å². The summed E-state index contributed by atoms with van der Waals surface area (Å²) in [5, 5.41) is 6.10. The van der Waals surface area contributed by atoms with Crippen molar-refractivity contribution in [3.8, 4) is 17.2 Å². The van der Waals surface area contributed by atoms with Crippen LogP contribution in [0.15, 0.2) is 46.0 Å². The van der Waals surface area contributed by atoms with E-state index in [1.165, 1.54) is 6.92 Å². The van der Waals surface area contributed by atoms with Crippen LogP contribution >= 0.6 is 15.9 Å². The van der Waals surface area contributed by atoms with Gasteiger partial charge in [0.15, 0.2) is 11.5 Å². The largest absolute Gasteiger partial charge is 0.493 e. The standard InChI is InChI=1S/C21H23BrN2O4/c1-12-19(15-10-17(26-3)21(28-5)18(11-15)27-4)20(24(23-12)13(2)25)14-6-8-16(22)9-7-14/h6-11,19-20H,1-5H3/t19-,20-/m0/s1. The second-order valence-corrected chi connectivity index (χ2v) is 7.45. The summed E-state index contributed by atoms with van der Waals surface area (Å²) in [7, 11) is 4.75. The molecule has 6 nitrogen and oxygen atoms in total. The molecule has 28 heavy (non-hydrogen) atoms. The maximum absolute atomic E-state index is 12.3. The van der Waals surface area contributed by atoms with Crippen molar-refractivity contribution in [1.29, 1.82) is 0 Å².